The predicted octanol–water partition coefficient (Wildman–Crippen LogP) is 0.914. The molecule has 0 aromatic rings. The zero-order chi connectivity index (χ0) is 14.2. The number of carboxylic acids is 1. The van der Waals surface area contributed by atoms with Crippen molar-refractivity contribution in [3.8, 4) is 0 Å². The molecule has 0 fully saturated rings. The molecule has 0 aliphatic carbocycles. The number of nitrogens with two attached hydrogens (primary N) is 1. The third-order valence-corrected chi connectivity index (χ3v) is 2.28. The molecule has 0 radical (unpaired) electrons. The number of carboxylic acid groups (broad SMARTS) is 1. The van der Waals surface area contributed by atoms with Gasteiger partial charge in [0.15, 0.2) is 0 Å². The summed E-state index contributed by atoms with van der Waals surface area (Å²) >= 11 is 0. The van der Waals surface area contributed by atoms with Crippen molar-refractivity contribution in [2.75, 3.05) is 13.1 Å². The molecule has 0 rings (SSSR count). The van der Waals surface area contributed by atoms with Crippen molar-refractivity contribution in [3.05, 3.63) is 0 Å². The fourth-order valence-corrected chi connectivity index (χ4v) is 1.66. The first-order chi connectivity index (χ1) is 8.24. The summed E-state index contributed by atoms with van der Waals surface area (Å²) in [5.41, 5.74) is 5.28. The van der Waals surface area contributed by atoms with Crippen molar-refractivity contribution < 1.29 is 14.7 Å². The van der Waals surface area contributed by atoms with Gasteiger partial charge in [-0.2, -0.15) is 0 Å². The summed E-state index contributed by atoms with van der Waals surface area (Å²) in [4.78, 5) is 22.3. The maximum atomic E-state index is 11.5. The normalized spacial score (nSPS) is 12.9. The minimum absolute atomic E-state index is 0.0370. The summed E-state index contributed by atoms with van der Waals surface area (Å²) in [7, 11) is 0. The van der Waals surface area contributed by atoms with Crippen molar-refractivity contribution in [2.24, 2.45) is 11.1 Å². The first-order valence-electron chi connectivity index (χ1n) is 6.21. The number of urea groups is 1. The molecule has 1 unspecified atom stereocenters. The predicted molar refractivity (Wildman–Crippen MR) is 70.3 cm³/mol. The Morgan fingerprint density at radius 2 is 1.94 bits per heavy atom. The molecular weight excluding hydrogens is 234 g/mol. The lowest BCUT2D eigenvalue weighted by molar-refractivity contribution is -0.137. The summed E-state index contributed by atoms with van der Waals surface area (Å²) in [5.74, 6) is -0.911. The van der Waals surface area contributed by atoms with Gasteiger partial charge in [0.25, 0.3) is 0 Å². The Kier molecular flexibility index (Phi) is 7.35. The molecule has 5 N–H and O–H groups in total. The molecule has 1 atom stereocenters. The molecule has 6 nitrogen and oxygen atoms in total. The van der Waals surface area contributed by atoms with Crippen molar-refractivity contribution in [2.45, 2.75) is 46.1 Å². The molecular formula is C12H25N3O3. The van der Waals surface area contributed by atoms with E-state index in [4.69, 9.17) is 10.8 Å². The van der Waals surface area contributed by atoms with E-state index < -0.39 is 5.97 Å². The van der Waals surface area contributed by atoms with Crippen molar-refractivity contribution in [1.29, 1.82) is 0 Å². The zero-order valence-electron chi connectivity index (χ0n) is 11.5. The topological polar surface area (TPSA) is 104 Å². The van der Waals surface area contributed by atoms with Gasteiger partial charge < -0.3 is 21.5 Å². The van der Waals surface area contributed by atoms with Crippen LogP contribution in [0.15, 0.2) is 0 Å². The number of rotatable bonds is 7. The number of nitrogens with one attached hydrogen (secondary N) is 2. The molecule has 0 aliphatic heterocycles. The Bertz CT molecular complexity index is 274. The van der Waals surface area contributed by atoms with Crippen LogP contribution in [0.2, 0.25) is 0 Å². The van der Waals surface area contributed by atoms with E-state index in [9.17, 15) is 9.59 Å². The number of carbonyl (C=O) groups excluding carboxylic acids is 1. The van der Waals surface area contributed by atoms with Gasteiger partial charge in [0.05, 0.1) is 6.42 Å². The summed E-state index contributed by atoms with van der Waals surface area (Å²) in [6.45, 7) is 7.04. The van der Waals surface area contributed by atoms with Gasteiger partial charge >= 0.3 is 12.0 Å². The maximum absolute atomic E-state index is 11.5. The maximum Gasteiger partial charge on any atom is 0.315 e. The second-order valence-electron chi connectivity index (χ2n) is 5.60. The molecule has 0 spiro atoms. The Balaban J connectivity index is 4.22. The highest BCUT2D eigenvalue weighted by molar-refractivity contribution is 5.75. The summed E-state index contributed by atoms with van der Waals surface area (Å²) in [5, 5.41) is 14.2. The van der Waals surface area contributed by atoms with Crippen LogP contribution in [0.5, 0.6) is 0 Å². The summed E-state index contributed by atoms with van der Waals surface area (Å²) < 4.78 is 0. The van der Waals surface area contributed by atoms with Crippen LogP contribution < -0.4 is 16.4 Å². The van der Waals surface area contributed by atoms with E-state index in [0.29, 0.717) is 25.9 Å². The average Bonchev–Trinajstić information content (AvgIpc) is 2.13. The second-order valence-corrected chi connectivity index (χ2v) is 5.60. The highest BCUT2D eigenvalue weighted by Gasteiger charge is 2.22. The van der Waals surface area contributed by atoms with Crippen LogP contribution in [0.4, 0.5) is 4.79 Å². The van der Waals surface area contributed by atoms with Crippen LogP contribution in [0.3, 0.4) is 0 Å². The summed E-state index contributed by atoms with van der Waals surface area (Å²) in [6.07, 6.45) is 1.25. The van der Waals surface area contributed by atoms with E-state index in [1.165, 1.54) is 0 Å². The van der Waals surface area contributed by atoms with Gasteiger partial charge in [-0.1, -0.05) is 20.8 Å². The molecule has 2 amide bonds. The van der Waals surface area contributed by atoms with Crippen molar-refractivity contribution in [1.82, 2.24) is 10.6 Å². The van der Waals surface area contributed by atoms with E-state index in [1.54, 1.807) is 0 Å². The van der Waals surface area contributed by atoms with Gasteiger partial charge in [0.2, 0.25) is 0 Å². The average molecular weight is 259 g/mol. The molecule has 0 saturated heterocycles. The molecule has 18 heavy (non-hydrogen) atoms. The van der Waals surface area contributed by atoms with E-state index >= 15 is 0 Å². The number of aliphatic carboxylic acids is 1. The SMILES string of the molecule is CC(C)(C)CC(CC(=O)O)NC(=O)NCCCN. The first-order valence-corrected chi connectivity index (χ1v) is 6.21. The van der Waals surface area contributed by atoms with Crippen LogP contribution in [0.25, 0.3) is 0 Å². The van der Waals surface area contributed by atoms with Crippen LogP contribution in [0.1, 0.15) is 40.0 Å². The number of hydrogen-bond acceptors (Lipinski definition) is 3. The Labute approximate surface area is 108 Å². The van der Waals surface area contributed by atoms with Gasteiger partial charge in [-0.3, -0.25) is 4.79 Å². The van der Waals surface area contributed by atoms with E-state index in [1.807, 2.05) is 20.8 Å². The lowest BCUT2D eigenvalue weighted by Gasteiger charge is -2.25. The Morgan fingerprint density at radius 1 is 1.33 bits per heavy atom. The van der Waals surface area contributed by atoms with Crippen LogP contribution in [-0.4, -0.2) is 36.2 Å². The fraction of sp³-hybridized carbons (Fsp3) is 0.833. The largest absolute Gasteiger partial charge is 0.481 e. The van der Waals surface area contributed by atoms with Crippen LogP contribution >= 0.6 is 0 Å². The lowest BCUT2D eigenvalue weighted by atomic mass is 9.87. The molecule has 6 heteroatoms. The smallest absolute Gasteiger partial charge is 0.315 e. The summed E-state index contributed by atoms with van der Waals surface area (Å²) in [6, 6.07) is -0.695. The molecule has 0 aromatic heterocycles. The number of hydrogen-bond donors (Lipinski definition) is 4. The van der Waals surface area contributed by atoms with Gasteiger partial charge in [-0.05, 0) is 24.8 Å². The van der Waals surface area contributed by atoms with Crippen molar-refractivity contribution >= 4 is 12.0 Å². The fourth-order valence-electron chi connectivity index (χ4n) is 1.66. The molecule has 0 aliphatic rings. The highest BCUT2D eigenvalue weighted by Crippen LogP contribution is 2.22. The monoisotopic (exact) mass is 259 g/mol. The standard InChI is InChI=1S/C12H25N3O3/c1-12(2,3)8-9(7-10(16)17)15-11(18)14-6-4-5-13/h9H,4-8,13H2,1-3H3,(H,16,17)(H2,14,15,18). The third kappa shape index (κ3) is 9.89. The third-order valence-electron chi connectivity index (χ3n) is 2.28. The Morgan fingerprint density at radius 3 is 2.39 bits per heavy atom. The molecule has 0 bridgehead atoms. The molecule has 0 saturated carbocycles. The van der Waals surface area contributed by atoms with E-state index in [2.05, 4.69) is 10.6 Å². The van der Waals surface area contributed by atoms with Crippen LogP contribution in [0, 0.1) is 5.41 Å². The minimum atomic E-state index is -0.911. The second kappa shape index (κ2) is 7.92. The van der Waals surface area contributed by atoms with E-state index in [0.717, 1.165) is 0 Å². The number of carbonyl (C=O) groups is 2. The van der Waals surface area contributed by atoms with Gasteiger partial charge in [0.1, 0.15) is 0 Å². The first kappa shape index (κ1) is 16.7. The van der Waals surface area contributed by atoms with Gasteiger partial charge in [0, 0.05) is 12.6 Å². The minimum Gasteiger partial charge on any atom is -0.481 e. The van der Waals surface area contributed by atoms with E-state index in [-0.39, 0.29) is 23.9 Å². The highest BCUT2D eigenvalue weighted by atomic mass is 16.4. The van der Waals surface area contributed by atoms with Gasteiger partial charge in [-0.15, -0.1) is 0 Å². The molecule has 106 valence electrons. The Hall–Kier alpha value is -1.30. The lowest BCUT2D eigenvalue weighted by Crippen LogP contribution is -2.45. The quantitative estimate of drug-likeness (QED) is 0.510. The molecule has 0 aromatic carbocycles. The van der Waals surface area contributed by atoms with Crippen LogP contribution in [-0.2, 0) is 4.79 Å². The zero-order valence-corrected chi connectivity index (χ0v) is 11.5. The van der Waals surface area contributed by atoms with Crippen molar-refractivity contribution in [3.63, 3.8) is 0 Å². The number of amides is 2. The molecule has 0 heterocycles. The van der Waals surface area contributed by atoms with Gasteiger partial charge in [-0.25, -0.2) is 4.79 Å².